The van der Waals surface area contributed by atoms with E-state index in [0.717, 1.165) is 12.8 Å². The minimum Gasteiger partial charge on any atom is -0.481 e. The van der Waals surface area contributed by atoms with Crippen molar-refractivity contribution in [2.75, 3.05) is 13.6 Å². The van der Waals surface area contributed by atoms with E-state index in [4.69, 9.17) is 5.11 Å². The topological polar surface area (TPSA) is 69.6 Å². The molecular formula is C14H18N2O3. The molecule has 0 bridgehead atoms. The summed E-state index contributed by atoms with van der Waals surface area (Å²) in [5, 5.41) is 11.2. The van der Waals surface area contributed by atoms with Crippen LogP contribution in [0.25, 0.3) is 0 Å². The zero-order valence-electron chi connectivity index (χ0n) is 10.9. The van der Waals surface area contributed by atoms with Crippen molar-refractivity contribution in [3.63, 3.8) is 0 Å². The number of aryl methyl sites for hydroxylation is 1. The van der Waals surface area contributed by atoms with Gasteiger partial charge in [0, 0.05) is 13.6 Å². The van der Waals surface area contributed by atoms with Crippen LogP contribution in [-0.2, 0) is 11.2 Å². The van der Waals surface area contributed by atoms with Gasteiger partial charge in [0.25, 0.3) is 0 Å². The summed E-state index contributed by atoms with van der Waals surface area (Å²) in [5.74, 6) is -0.908. The fourth-order valence-electron chi connectivity index (χ4n) is 2.48. The smallest absolute Gasteiger partial charge is 0.317 e. The fraction of sp³-hybridized carbons (Fsp3) is 0.429. The molecule has 2 amide bonds. The van der Waals surface area contributed by atoms with E-state index < -0.39 is 5.97 Å². The summed E-state index contributed by atoms with van der Waals surface area (Å²) in [6.45, 7) is 0.160. The quantitative estimate of drug-likeness (QED) is 0.869. The average Bonchev–Trinajstić information content (AvgIpc) is 2.81. The Labute approximate surface area is 112 Å². The molecule has 0 fully saturated rings. The summed E-state index contributed by atoms with van der Waals surface area (Å²) < 4.78 is 0. The van der Waals surface area contributed by atoms with Crippen molar-refractivity contribution in [2.24, 2.45) is 0 Å². The maximum atomic E-state index is 11.9. The Kier molecular flexibility index (Phi) is 4.04. The molecule has 0 spiro atoms. The van der Waals surface area contributed by atoms with Crippen molar-refractivity contribution < 1.29 is 14.7 Å². The Morgan fingerprint density at radius 2 is 2.16 bits per heavy atom. The second-order valence-electron chi connectivity index (χ2n) is 4.74. The molecule has 0 radical (unpaired) electrons. The Morgan fingerprint density at radius 3 is 2.89 bits per heavy atom. The molecule has 5 nitrogen and oxygen atoms in total. The van der Waals surface area contributed by atoms with Gasteiger partial charge in [-0.2, -0.15) is 0 Å². The fourth-order valence-corrected chi connectivity index (χ4v) is 2.48. The summed E-state index contributed by atoms with van der Waals surface area (Å²) in [4.78, 5) is 24.0. The predicted octanol–water partition coefficient (Wildman–Crippen LogP) is 1.79. The molecule has 1 aromatic carbocycles. The van der Waals surface area contributed by atoms with Crippen molar-refractivity contribution >= 4 is 12.0 Å². The number of benzene rings is 1. The number of hydrogen-bond acceptors (Lipinski definition) is 2. The van der Waals surface area contributed by atoms with Gasteiger partial charge in [-0.05, 0) is 24.0 Å². The van der Waals surface area contributed by atoms with E-state index in [2.05, 4.69) is 11.4 Å². The summed E-state index contributed by atoms with van der Waals surface area (Å²) in [5.41, 5.74) is 2.48. The molecule has 0 saturated carbocycles. The number of urea groups is 1. The number of carbonyl (C=O) groups excluding carboxylic acids is 1. The first-order chi connectivity index (χ1) is 9.09. The molecule has 1 aliphatic carbocycles. The van der Waals surface area contributed by atoms with Crippen LogP contribution in [0, 0.1) is 0 Å². The zero-order valence-corrected chi connectivity index (χ0v) is 10.9. The minimum atomic E-state index is -0.908. The van der Waals surface area contributed by atoms with Crippen molar-refractivity contribution in [2.45, 2.75) is 25.3 Å². The number of carbonyl (C=O) groups is 2. The molecule has 102 valence electrons. The summed E-state index contributed by atoms with van der Waals surface area (Å²) >= 11 is 0. The minimum absolute atomic E-state index is 0.0547. The molecule has 1 aromatic rings. The van der Waals surface area contributed by atoms with Crippen molar-refractivity contribution in [3.05, 3.63) is 35.4 Å². The zero-order chi connectivity index (χ0) is 13.8. The number of carboxylic acid groups (broad SMARTS) is 1. The predicted molar refractivity (Wildman–Crippen MR) is 70.9 cm³/mol. The first-order valence-corrected chi connectivity index (χ1v) is 6.40. The van der Waals surface area contributed by atoms with Crippen LogP contribution in [0.5, 0.6) is 0 Å². The first-order valence-electron chi connectivity index (χ1n) is 6.40. The van der Waals surface area contributed by atoms with Crippen molar-refractivity contribution in [1.29, 1.82) is 0 Å². The molecule has 1 aliphatic rings. The molecule has 0 heterocycles. The second kappa shape index (κ2) is 5.73. The van der Waals surface area contributed by atoms with E-state index in [-0.39, 0.29) is 25.0 Å². The van der Waals surface area contributed by atoms with Crippen LogP contribution in [0.15, 0.2) is 24.3 Å². The number of rotatable bonds is 4. The van der Waals surface area contributed by atoms with Crippen LogP contribution < -0.4 is 5.32 Å². The Hall–Kier alpha value is -2.04. The Balaban J connectivity index is 1.95. The van der Waals surface area contributed by atoms with Gasteiger partial charge in [-0.1, -0.05) is 24.3 Å². The molecule has 5 heteroatoms. The molecule has 2 N–H and O–H groups in total. The molecule has 0 saturated heterocycles. The van der Waals surface area contributed by atoms with Gasteiger partial charge in [0.15, 0.2) is 0 Å². The maximum absolute atomic E-state index is 11.9. The lowest BCUT2D eigenvalue weighted by Gasteiger charge is -2.25. The van der Waals surface area contributed by atoms with E-state index in [1.54, 1.807) is 11.9 Å². The van der Waals surface area contributed by atoms with Crippen LogP contribution in [0.1, 0.15) is 30.0 Å². The van der Waals surface area contributed by atoms with Crippen molar-refractivity contribution in [1.82, 2.24) is 10.2 Å². The lowest BCUT2D eigenvalue weighted by Crippen LogP contribution is -2.39. The molecule has 19 heavy (non-hydrogen) atoms. The van der Waals surface area contributed by atoms with Gasteiger partial charge < -0.3 is 15.3 Å². The monoisotopic (exact) mass is 262 g/mol. The molecule has 0 aromatic heterocycles. The lowest BCUT2D eigenvalue weighted by atomic mass is 10.1. The highest BCUT2D eigenvalue weighted by atomic mass is 16.4. The SMILES string of the molecule is CN(C(=O)NCCC(=O)O)C1CCc2ccccc21. The van der Waals surface area contributed by atoms with Crippen LogP contribution in [-0.4, -0.2) is 35.6 Å². The third-order valence-corrected chi connectivity index (χ3v) is 3.50. The number of nitrogens with one attached hydrogen (secondary N) is 1. The van der Waals surface area contributed by atoms with Crippen molar-refractivity contribution in [3.8, 4) is 0 Å². The lowest BCUT2D eigenvalue weighted by molar-refractivity contribution is -0.136. The molecule has 1 unspecified atom stereocenters. The highest BCUT2D eigenvalue weighted by molar-refractivity contribution is 5.75. The van der Waals surface area contributed by atoms with E-state index in [0.29, 0.717) is 0 Å². The highest BCUT2D eigenvalue weighted by Gasteiger charge is 2.28. The van der Waals surface area contributed by atoms with Gasteiger partial charge in [0.1, 0.15) is 0 Å². The van der Waals surface area contributed by atoms with Gasteiger partial charge in [0.2, 0.25) is 0 Å². The number of amides is 2. The van der Waals surface area contributed by atoms with Gasteiger partial charge in [-0.15, -0.1) is 0 Å². The van der Waals surface area contributed by atoms with Gasteiger partial charge in [-0.25, -0.2) is 4.79 Å². The standard InChI is InChI=1S/C14H18N2O3/c1-16(14(19)15-9-8-13(17)18)12-7-6-10-4-2-3-5-11(10)12/h2-5,12H,6-9H2,1H3,(H,15,19)(H,17,18). The summed E-state index contributed by atoms with van der Waals surface area (Å²) in [6.07, 6.45) is 1.84. The Bertz CT molecular complexity index is 487. The van der Waals surface area contributed by atoms with Gasteiger partial charge >= 0.3 is 12.0 Å². The van der Waals surface area contributed by atoms with E-state index in [1.165, 1.54) is 11.1 Å². The average molecular weight is 262 g/mol. The number of hydrogen-bond donors (Lipinski definition) is 2. The molecular weight excluding hydrogens is 244 g/mol. The number of fused-ring (bicyclic) bond motifs is 1. The summed E-state index contributed by atoms with van der Waals surface area (Å²) in [6, 6.07) is 7.99. The highest BCUT2D eigenvalue weighted by Crippen LogP contribution is 2.34. The van der Waals surface area contributed by atoms with Gasteiger partial charge in [-0.3, -0.25) is 4.79 Å². The van der Waals surface area contributed by atoms with E-state index >= 15 is 0 Å². The normalized spacial score (nSPS) is 16.8. The van der Waals surface area contributed by atoms with Crippen LogP contribution >= 0.6 is 0 Å². The molecule has 2 rings (SSSR count). The number of aliphatic carboxylic acids is 1. The van der Waals surface area contributed by atoms with Gasteiger partial charge in [0.05, 0.1) is 12.5 Å². The summed E-state index contributed by atoms with van der Waals surface area (Å²) in [7, 11) is 1.75. The maximum Gasteiger partial charge on any atom is 0.317 e. The molecule has 0 aliphatic heterocycles. The van der Waals surface area contributed by atoms with E-state index in [1.807, 2.05) is 18.2 Å². The third-order valence-electron chi connectivity index (χ3n) is 3.50. The largest absolute Gasteiger partial charge is 0.481 e. The molecule has 1 atom stereocenters. The number of nitrogens with zero attached hydrogens (tertiary/aromatic N) is 1. The third kappa shape index (κ3) is 3.05. The van der Waals surface area contributed by atoms with E-state index in [9.17, 15) is 9.59 Å². The van der Waals surface area contributed by atoms with Crippen LogP contribution in [0.2, 0.25) is 0 Å². The van der Waals surface area contributed by atoms with Crippen LogP contribution in [0.3, 0.4) is 0 Å². The first kappa shape index (κ1) is 13.4. The number of carboxylic acids is 1. The second-order valence-corrected chi connectivity index (χ2v) is 4.74. The Morgan fingerprint density at radius 1 is 1.42 bits per heavy atom. The van der Waals surface area contributed by atoms with Crippen LogP contribution in [0.4, 0.5) is 4.79 Å².